The molecule has 0 heterocycles. The van der Waals surface area contributed by atoms with Gasteiger partial charge in [-0.1, -0.05) is 6.07 Å². The molecule has 0 saturated heterocycles. The van der Waals surface area contributed by atoms with Crippen molar-refractivity contribution in [1.29, 1.82) is 0 Å². The Bertz CT molecular complexity index is 388. The first-order valence-electron chi connectivity index (χ1n) is 5.10. The monoisotopic (exact) mass is 223 g/mol. The van der Waals surface area contributed by atoms with E-state index in [1.807, 2.05) is 13.0 Å². The largest absolute Gasteiger partial charge is 0.496 e. The highest BCUT2D eigenvalue weighted by Crippen LogP contribution is 2.32. The second-order valence-electron chi connectivity index (χ2n) is 3.45. The van der Waals surface area contributed by atoms with Gasteiger partial charge in [-0.15, -0.1) is 0 Å². The summed E-state index contributed by atoms with van der Waals surface area (Å²) in [6.45, 7) is 2.20. The molecule has 1 rings (SSSR count). The zero-order chi connectivity index (χ0) is 12.1. The number of aryl methyl sites for hydroxylation is 1. The first-order chi connectivity index (χ1) is 7.65. The number of ketones is 1. The third-order valence-electron chi connectivity index (χ3n) is 2.39. The van der Waals surface area contributed by atoms with Crippen LogP contribution in [0.25, 0.3) is 0 Å². The summed E-state index contributed by atoms with van der Waals surface area (Å²) in [5.41, 5.74) is 6.77. The fraction of sp³-hybridized carbons (Fsp3) is 0.417. The maximum absolute atomic E-state index is 11.9. The molecule has 1 aromatic rings. The van der Waals surface area contributed by atoms with Crippen molar-refractivity contribution in [2.45, 2.75) is 13.3 Å². The molecule has 0 aliphatic rings. The zero-order valence-corrected chi connectivity index (χ0v) is 9.87. The summed E-state index contributed by atoms with van der Waals surface area (Å²) in [7, 11) is 3.07. The summed E-state index contributed by atoms with van der Waals surface area (Å²) in [6.07, 6.45) is 0.288. The van der Waals surface area contributed by atoms with Gasteiger partial charge in [-0.3, -0.25) is 4.79 Å². The average molecular weight is 223 g/mol. The Morgan fingerprint density at radius 3 is 2.50 bits per heavy atom. The Labute approximate surface area is 95.3 Å². The Balaban J connectivity index is 3.30. The molecule has 0 radical (unpaired) electrons. The van der Waals surface area contributed by atoms with Gasteiger partial charge in [0.15, 0.2) is 5.78 Å². The number of carbonyl (C=O) groups is 1. The zero-order valence-electron chi connectivity index (χ0n) is 9.87. The second kappa shape index (κ2) is 5.51. The molecule has 1 aromatic carbocycles. The fourth-order valence-corrected chi connectivity index (χ4v) is 1.62. The van der Waals surface area contributed by atoms with Crippen molar-refractivity contribution >= 4 is 5.78 Å². The molecule has 0 saturated carbocycles. The van der Waals surface area contributed by atoms with Gasteiger partial charge >= 0.3 is 0 Å². The first kappa shape index (κ1) is 12.5. The molecule has 0 spiro atoms. The van der Waals surface area contributed by atoms with Crippen LogP contribution in [0.1, 0.15) is 22.3 Å². The third kappa shape index (κ3) is 2.33. The lowest BCUT2D eigenvalue weighted by atomic mass is 10.0. The van der Waals surface area contributed by atoms with Crippen LogP contribution in [0.5, 0.6) is 11.5 Å². The minimum atomic E-state index is -0.0556. The predicted octanol–water partition coefficient (Wildman–Crippen LogP) is 1.54. The molecule has 2 N–H and O–H groups in total. The second-order valence-corrected chi connectivity index (χ2v) is 3.45. The summed E-state index contributed by atoms with van der Waals surface area (Å²) >= 11 is 0. The van der Waals surface area contributed by atoms with E-state index in [9.17, 15) is 4.79 Å². The maximum Gasteiger partial charge on any atom is 0.171 e. The van der Waals surface area contributed by atoms with E-state index >= 15 is 0 Å². The lowest BCUT2D eigenvalue weighted by Gasteiger charge is -2.14. The number of rotatable bonds is 5. The van der Waals surface area contributed by atoms with E-state index in [-0.39, 0.29) is 12.2 Å². The van der Waals surface area contributed by atoms with Gasteiger partial charge in [-0.25, -0.2) is 0 Å². The van der Waals surface area contributed by atoms with Crippen LogP contribution in [0, 0.1) is 6.92 Å². The number of methoxy groups -OCH3 is 2. The van der Waals surface area contributed by atoms with Crippen LogP contribution in [0.2, 0.25) is 0 Å². The molecule has 0 fully saturated rings. The van der Waals surface area contributed by atoms with Crippen LogP contribution in [0.3, 0.4) is 0 Å². The third-order valence-corrected chi connectivity index (χ3v) is 2.39. The maximum atomic E-state index is 11.9. The number of carbonyl (C=O) groups excluding carboxylic acids is 1. The number of Topliss-reactive ketones (excluding diaryl/α,β-unsaturated/α-hetero) is 1. The molecule has 0 unspecified atom stereocenters. The Morgan fingerprint density at radius 2 is 2.00 bits per heavy atom. The van der Waals surface area contributed by atoms with Crippen molar-refractivity contribution < 1.29 is 14.3 Å². The molecule has 4 nitrogen and oxygen atoms in total. The molecular weight excluding hydrogens is 206 g/mol. The lowest BCUT2D eigenvalue weighted by Crippen LogP contribution is -2.11. The van der Waals surface area contributed by atoms with Crippen molar-refractivity contribution in [2.24, 2.45) is 5.73 Å². The molecule has 0 atom stereocenters. The van der Waals surface area contributed by atoms with Crippen molar-refractivity contribution in [2.75, 3.05) is 20.8 Å². The summed E-state index contributed by atoms with van der Waals surface area (Å²) in [5, 5.41) is 0. The number of hydrogen-bond acceptors (Lipinski definition) is 4. The van der Waals surface area contributed by atoms with E-state index in [0.717, 1.165) is 5.56 Å². The molecule has 16 heavy (non-hydrogen) atoms. The van der Waals surface area contributed by atoms with E-state index in [0.29, 0.717) is 23.6 Å². The van der Waals surface area contributed by atoms with E-state index < -0.39 is 0 Å². The van der Waals surface area contributed by atoms with E-state index in [1.54, 1.807) is 13.2 Å². The predicted molar refractivity (Wildman–Crippen MR) is 62.3 cm³/mol. The standard InChI is InChI=1S/C12H17NO3/c1-8-4-5-10(15-2)11(12(8)16-3)9(14)6-7-13/h4-5H,6-7,13H2,1-3H3. The molecule has 0 bridgehead atoms. The highest BCUT2D eigenvalue weighted by molar-refractivity contribution is 6.01. The molecular formula is C12H17NO3. The summed E-state index contributed by atoms with van der Waals surface area (Å²) in [4.78, 5) is 11.9. The van der Waals surface area contributed by atoms with Gasteiger partial charge < -0.3 is 15.2 Å². The highest BCUT2D eigenvalue weighted by Gasteiger charge is 2.19. The van der Waals surface area contributed by atoms with Crippen LogP contribution in [0.15, 0.2) is 12.1 Å². The molecule has 0 aromatic heterocycles. The van der Waals surface area contributed by atoms with Crippen molar-refractivity contribution in [1.82, 2.24) is 0 Å². The molecule has 0 aliphatic carbocycles. The smallest absolute Gasteiger partial charge is 0.171 e. The van der Waals surface area contributed by atoms with Crippen molar-refractivity contribution in [3.63, 3.8) is 0 Å². The Hall–Kier alpha value is -1.55. The Morgan fingerprint density at radius 1 is 1.31 bits per heavy atom. The minimum Gasteiger partial charge on any atom is -0.496 e. The highest BCUT2D eigenvalue weighted by atomic mass is 16.5. The molecule has 88 valence electrons. The quantitative estimate of drug-likeness (QED) is 0.769. The van der Waals surface area contributed by atoms with Crippen LogP contribution < -0.4 is 15.2 Å². The van der Waals surface area contributed by atoms with Gasteiger partial charge in [0.25, 0.3) is 0 Å². The lowest BCUT2D eigenvalue weighted by molar-refractivity contribution is 0.0979. The van der Waals surface area contributed by atoms with Gasteiger partial charge in [0.1, 0.15) is 17.1 Å². The van der Waals surface area contributed by atoms with Gasteiger partial charge in [-0.2, -0.15) is 0 Å². The summed E-state index contributed by atoms with van der Waals surface area (Å²) in [6, 6.07) is 3.62. The van der Waals surface area contributed by atoms with Crippen LogP contribution in [-0.2, 0) is 0 Å². The van der Waals surface area contributed by atoms with Gasteiger partial charge in [-0.05, 0) is 25.1 Å². The van der Waals surface area contributed by atoms with Crippen LogP contribution >= 0.6 is 0 Å². The van der Waals surface area contributed by atoms with E-state index in [4.69, 9.17) is 15.2 Å². The van der Waals surface area contributed by atoms with Crippen LogP contribution in [-0.4, -0.2) is 26.5 Å². The van der Waals surface area contributed by atoms with Crippen LogP contribution in [0.4, 0.5) is 0 Å². The fourth-order valence-electron chi connectivity index (χ4n) is 1.62. The Kier molecular flexibility index (Phi) is 4.31. The normalized spacial score (nSPS) is 10.0. The summed E-state index contributed by atoms with van der Waals surface area (Å²) < 4.78 is 10.4. The first-order valence-corrected chi connectivity index (χ1v) is 5.10. The summed E-state index contributed by atoms with van der Waals surface area (Å²) in [5.74, 6) is 1.04. The SMILES string of the molecule is COc1ccc(C)c(OC)c1C(=O)CCN. The number of nitrogens with two attached hydrogens (primary N) is 1. The van der Waals surface area contributed by atoms with E-state index in [1.165, 1.54) is 7.11 Å². The van der Waals surface area contributed by atoms with Crippen molar-refractivity contribution in [3.8, 4) is 11.5 Å². The molecule has 0 amide bonds. The number of ether oxygens (including phenoxy) is 2. The average Bonchev–Trinajstić information content (AvgIpc) is 2.28. The topological polar surface area (TPSA) is 61.5 Å². The number of hydrogen-bond donors (Lipinski definition) is 1. The van der Waals surface area contributed by atoms with Gasteiger partial charge in [0.2, 0.25) is 0 Å². The van der Waals surface area contributed by atoms with E-state index in [2.05, 4.69) is 0 Å². The number of benzene rings is 1. The van der Waals surface area contributed by atoms with Gasteiger partial charge in [0.05, 0.1) is 14.2 Å². The molecule has 0 aliphatic heterocycles. The van der Waals surface area contributed by atoms with Gasteiger partial charge in [0, 0.05) is 6.42 Å². The van der Waals surface area contributed by atoms with Crippen molar-refractivity contribution in [3.05, 3.63) is 23.3 Å². The minimum absolute atomic E-state index is 0.0556. The molecule has 4 heteroatoms.